The van der Waals surface area contributed by atoms with Crippen molar-refractivity contribution in [2.45, 2.75) is 13.5 Å². The van der Waals surface area contributed by atoms with E-state index in [0.29, 0.717) is 12.6 Å². The van der Waals surface area contributed by atoms with Gasteiger partial charge in [-0.05, 0) is 18.6 Å². The number of rotatable bonds is 3. The number of carbonyl (C=O) groups excluding carboxylic acids is 1. The van der Waals surface area contributed by atoms with Gasteiger partial charge in [0.1, 0.15) is 11.6 Å². The summed E-state index contributed by atoms with van der Waals surface area (Å²) >= 11 is 0. The van der Waals surface area contributed by atoms with E-state index in [-0.39, 0.29) is 11.3 Å². The van der Waals surface area contributed by atoms with Crippen molar-refractivity contribution in [3.8, 4) is 0 Å². The number of halogens is 2. The van der Waals surface area contributed by atoms with E-state index in [0.717, 1.165) is 17.2 Å². The smallest absolute Gasteiger partial charge is 0.256 e. The van der Waals surface area contributed by atoms with Crippen LogP contribution in [0.5, 0.6) is 0 Å². The van der Waals surface area contributed by atoms with Crippen LogP contribution in [0.3, 0.4) is 0 Å². The molecule has 0 unspecified atom stereocenters. The summed E-state index contributed by atoms with van der Waals surface area (Å²) in [5, 5.41) is 0. The Kier molecular flexibility index (Phi) is 4.21. The Labute approximate surface area is 122 Å². The quantitative estimate of drug-likeness (QED) is 0.883. The molecule has 21 heavy (non-hydrogen) atoms. The minimum Gasteiger partial charge on any atom is -0.396 e. The number of aryl methyl sites for hydroxylation is 1. The van der Waals surface area contributed by atoms with Gasteiger partial charge in [0.2, 0.25) is 0 Å². The third kappa shape index (κ3) is 3.37. The van der Waals surface area contributed by atoms with Crippen molar-refractivity contribution in [1.82, 2.24) is 4.90 Å². The zero-order valence-corrected chi connectivity index (χ0v) is 11.9. The Morgan fingerprint density at radius 1 is 1.19 bits per heavy atom. The van der Waals surface area contributed by atoms with E-state index in [1.165, 1.54) is 4.90 Å². The van der Waals surface area contributed by atoms with E-state index < -0.39 is 17.5 Å². The Balaban J connectivity index is 2.22. The van der Waals surface area contributed by atoms with Crippen LogP contribution in [-0.2, 0) is 6.54 Å². The van der Waals surface area contributed by atoms with Gasteiger partial charge in [-0.2, -0.15) is 0 Å². The molecule has 0 heterocycles. The third-order valence-electron chi connectivity index (χ3n) is 3.17. The monoisotopic (exact) mass is 290 g/mol. The summed E-state index contributed by atoms with van der Waals surface area (Å²) in [6, 6.07) is 9.32. The molecule has 0 bridgehead atoms. The van der Waals surface area contributed by atoms with Crippen LogP contribution in [0.25, 0.3) is 0 Å². The first-order valence-electron chi connectivity index (χ1n) is 6.44. The molecule has 1 amide bonds. The molecule has 0 spiro atoms. The highest BCUT2D eigenvalue weighted by Gasteiger charge is 2.18. The number of hydrogen-bond donors (Lipinski definition) is 1. The number of carbonyl (C=O) groups is 1. The van der Waals surface area contributed by atoms with Crippen LogP contribution < -0.4 is 5.73 Å². The molecule has 0 aromatic heterocycles. The van der Waals surface area contributed by atoms with Gasteiger partial charge in [0.05, 0.1) is 11.3 Å². The molecule has 0 aliphatic carbocycles. The molecular weight excluding hydrogens is 274 g/mol. The largest absolute Gasteiger partial charge is 0.396 e. The molecule has 0 aliphatic rings. The minimum atomic E-state index is -0.914. The second-order valence-electron chi connectivity index (χ2n) is 5.00. The highest BCUT2D eigenvalue weighted by atomic mass is 19.1. The van der Waals surface area contributed by atoms with E-state index in [1.54, 1.807) is 7.05 Å². The molecule has 3 nitrogen and oxygen atoms in total. The molecule has 2 aromatic carbocycles. The van der Waals surface area contributed by atoms with E-state index >= 15 is 0 Å². The number of hydrogen-bond acceptors (Lipinski definition) is 2. The topological polar surface area (TPSA) is 46.3 Å². The van der Waals surface area contributed by atoms with Crippen LogP contribution >= 0.6 is 0 Å². The predicted octanol–water partition coefficient (Wildman–Crippen LogP) is 3.13. The molecule has 0 fully saturated rings. The Morgan fingerprint density at radius 2 is 1.90 bits per heavy atom. The van der Waals surface area contributed by atoms with Crippen LogP contribution in [0.1, 0.15) is 21.5 Å². The maximum absolute atomic E-state index is 13.7. The first kappa shape index (κ1) is 15.0. The lowest BCUT2D eigenvalue weighted by atomic mass is 10.1. The highest BCUT2D eigenvalue weighted by molar-refractivity contribution is 5.95. The molecular formula is C16H16F2N2O. The van der Waals surface area contributed by atoms with Gasteiger partial charge in [-0.3, -0.25) is 4.79 Å². The van der Waals surface area contributed by atoms with Gasteiger partial charge in [-0.25, -0.2) is 8.78 Å². The SMILES string of the molecule is Cc1cccc(CN(C)C(=O)c2cc(N)c(F)cc2F)c1. The van der Waals surface area contributed by atoms with E-state index in [9.17, 15) is 13.6 Å². The van der Waals surface area contributed by atoms with Crippen molar-refractivity contribution in [2.24, 2.45) is 0 Å². The van der Waals surface area contributed by atoms with Crippen molar-refractivity contribution in [3.05, 3.63) is 64.7 Å². The summed E-state index contributed by atoms with van der Waals surface area (Å²) in [6.07, 6.45) is 0. The summed E-state index contributed by atoms with van der Waals surface area (Å²) in [4.78, 5) is 13.6. The van der Waals surface area contributed by atoms with Crippen molar-refractivity contribution in [1.29, 1.82) is 0 Å². The van der Waals surface area contributed by atoms with Gasteiger partial charge >= 0.3 is 0 Å². The van der Waals surface area contributed by atoms with Gasteiger partial charge in [0.25, 0.3) is 5.91 Å². The van der Waals surface area contributed by atoms with Gasteiger partial charge in [-0.15, -0.1) is 0 Å². The average Bonchev–Trinajstić information content (AvgIpc) is 2.42. The lowest BCUT2D eigenvalue weighted by Crippen LogP contribution is -2.27. The average molecular weight is 290 g/mol. The van der Waals surface area contributed by atoms with Crippen LogP contribution in [-0.4, -0.2) is 17.9 Å². The van der Waals surface area contributed by atoms with E-state index in [2.05, 4.69) is 0 Å². The van der Waals surface area contributed by atoms with Gasteiger partial charge in [0, 0.05) is 19.7 Å². The molecule has 110 valence electrons. The molecule has 0 atom stereocenters. The Bertz CT molecular complexity index is 686. The molecule has 0 aliphatic heterocycles. The predicted molar refractivity (Wildman–Crippen MR) is 77.7 cm³/mol. The molecule has 2 rings (SSSR count). The molecule has 2 N–H and O–H groups in total. The van der Waals surface area contributed by atoms with E-state index in [1.807, 2.05) is 31.2 Å². The number of amides is 1. The Hall–Kier alpha value is -2.43. The van der Waals surface area contributed by atoms with Crippen molar-refractivity contribution >= 4 is 11.6 Å². The summed E-state index contributed by atoms with van der Waals surface area (Å²) in [6.45, 7) is 2.28. The number of nitrogen functional groups attached to an aromatic ring is 1. The summed E-state index contributed by atoms with van der Waals surface area (Å²) in [7, 11) is 1.56. The van der Waals surface area contributed by atoms with Crippen molar-refractivity contribution < 1.29 is 13.6 Å². The lowest BCUT2D eigenvalue weighted by Gasteiger charge is -2.18. The fourth-order valence-corrected chi connectivity index (χ4v) is 2.09. The standard InChI is InChI=1S/C16H16F2N2O/c1-10-4-3-5-11(6-10)9-20(2)16(21)12-7-15(19)14(18)8-13(12)17/h3-8H,9,19H2,1-2H3. The maximum Gasteiger partial charge on any atom is 0.256 e. The second kappa shape index (κ2) is 5.91. The second-order valence-corrected chi connectivity index (χ2v) is 5.00. The Morgan fingerprint density at radius 3 is 2.57 bits per heavy atom. The van der Waals surface area contributed by atoms with Gasteiger partial charge in [-0.1, -0.05) is 29.8 Å². The first-order valence-corrected chi connectivity index (χ1v) is 6.44. The maximum atomic E-state index is 13.7. The number of nitrogens with zero attached hydrogens (tertiary/aromatic N) is 1. The summed E-state index contributed by atoms with van der Waals surface area (Å²) in [5.41, 5.74) is 6.91. The molecule has 5 heteroatoms. The number of anilines is 1. The lowest BCUT2D eigenvalue weighted by molar-refractivity contribution is 0.0780. The third-order valence-corrected chi connectivity index (χ3v) is 3.17. The van der Waals surface area contributed by atoms with Crippen LogP contribution in [0, 0.1) is 18.6 Å². The fourth-order valence-electron chi connectivity index (χ4n) is 2.09. The molecule has 0 saturated heterocycles. The van der Waals surface area contributed by atoms with Crippen molar-refractivity contribution in [3.63, 3.8) is 0 Å². The summed E-state index contributed by atoms with van der Waals surface area (Å²) < 4.78 is 26.8. The molecule has 2 aromatic rings. The number of nitrogens with two attached hydrogens (primary N) is 1. The first-order chi connectivity index (χ1) is 9.88. The zero-order valence-electron chi connectivity index (χ0n) is 11.9. The van der Waals surface area contributed by atoms with Gasteiger partial charge < -0.3 is 10.6 Å². The fraction of sp³-hybridized carbons (Fsp3) is 0.188. The molecule has 0 radical (unpaired) electrons. The van der Waals surface area contributed by atoms with E-state index in [4.69, 9.17) is 5.73 Å². The normalized spacial score (nSPS) is 10.5. The van der Waals surface area contributed by atoms with Crippen LogP contribution in [0.2, 0.25) is 0 Å². The number of benzene rings is 2. The van der Waals surface area contributed by atoms with Gasteiger partial charge in [0.15, 0.2) is 0 Å². The van der Waals surface area contributed by atoms with Crippen LogP contribution in [0.15, 0.2) is 36.4 Å². The minimum absolute atomic E-state index is 0.232. The molecule has 0 saturated carbocycles. The van der Waals surface area contributed by atoms with Crippen LogP contribution in [0.4, 0.5) is 14.5 Å². The summed E-state index contributed by atoms with van der Waals surface area (Å²) in [5.74, 6) is -2.33. The highest BCUT2D eigenvalue weighted by Crippen LogP contribution is 2.19. The zero-order chi connectivity index (χ0) is 15.6. The van der Waals surface area contributed by atoms with Crippen molar-refractivity contribution in [2.75, 3.05) is 12.8 Å².